The maximum absolute atomic E-state index is 2.57. The number of hydrogen-bond donors (Lipinski definition) is 0. The molecule has 0 atom stereocenters. The van der Waals surface area contributed by atoms with Crippen molar-refractivity contribution in [3.05, 3.63) is 77.5 Å². The monoisotopic (exact) mass is 368 g/mol. The first-order valence-electron chi connectivity index (χ1n) is 10.5. The summed E-state index contributed by atoms with van der Waals surface area (Å²) < 4.78 is 4.93. The Bertz CT molecular complexity index is 1150. The van der Waals surface area contributed by atoms with Crippen LogP contribution in [0, 0.1) is 0 Å². The Morgan fingerprint density at radius 1 is 1.04 bits per heavy atom. The Labute approximate surface area is 167 Å². The van der Waals surface area contributed by atoms with Crippen molar-refractivity contribution in [3.8, 4) is 0 Å². The van der Waals surface area contributed by atoms with Crippen LogP contribution in [0.25, 0.3) is 17.0 Å². The Morgan fingerprint density at radius 2 is 1.82 bits per heavy atom. The lowest BCUT2D eigenvalue weighted by Crippen LogP contribution is -2.34. The molecular formula is C26H28N2+2. The summed E-state index contributed by atoms with van der Waals surface area (Å²) >= 11 is 0. The van der Waals surface area contributed by atoms with E-state index in [1.165, 1.54) is 45.4 Å². The van der Waals surface area contributed by atoms with Gasteiger partial charge in [-0.3, -0.25) is 0 Å². The molecule has 0 radical (unpaired) electrons. The Morgan fingerprint density at radius 3 is 2.68 bits per heavy atom. The van der Waals surface area contributed by atoms with Crippen LogP contribution in [-0.4, -0.2) is 16.8 Å². The van der Waals surface area contributed by atoms with Crippen molar-refractivity contribution in [1.82, 2.24) is 0 Å². The minimum absolute atomic E-state index is 0.0560. The molecule has 0 amide bonds. The van der Waals surface area contributed by atoms with Crippen LogP contribution in [0.4, 0.5) is 5.69 Å². The van der Waals surface area contributed by atoms with Crippen molar-refractivity contribution >= 4 is 28.4 Å². The maximum atomic E-state index is 2.57. The zero-order chi connectivity index (χ0) is 19.3. The van der Waals surface area contributed by atoms with Crippen molar-refractivity contribution in [1.29, 1.82) is 0 Å². The third kappa shape index (κ3) is 2.55. The van der Waals surface area contributed by atoms with Crippen LogP contribution in [0.3, 0.4) is 0 Å². The van der Waals surface area contributed by atoms with Crippen molar-refractivity contribution in [2.75, 3.05) is 6.54 Å². The first-order chi connectivity index (χ1) is 13.6. The largest absolute Gasteiger partial charge is 0.212 e. The van der Waals surface area contributed by atoms with Gasteiger partial charge in [0.05, 0.1) is 5.41 Å². The fourth-order valence-corrected chi connectivity index (χ4v) is 5.20. The highest BCUT2D eigenvalue weighted by atomic mass is 15.1. The zero-order valence-electron chi connectivity index (χ0n) is 17.1. The third-order valence-electron chi connectivity index (χ3n) is 6.42. The summed E-state index contributed by atoms with van der Waals surface area (Å²) in [5.41, 5.74) is 8.51. The molecular weight excluding hydrogens is 340 g/mol. The quantitative estimate of drug-likeness (QED) is 0.535. The van der Waals surface area contributed by atoms with Crippen molar-refractivity contribution in [3.63, 3.8) is 0 Å². The van der Waals surface area contributed by atoms with Gasteiger partial charge in [0.2, 0.25) is 11.2 Å². The molecule has 3 heterocycles. The molecule has 2 aliphatic heterocycles. The van der Waals surface area contributed by atoms with Gasteiger partial charge in [0.25, 0.3) is 0 Å². The lowest BCUT2D eigenvalue weighted by Gasteiger charge is -2.22. The molecule has 0 fully saturated rings. The fraction of sp³-hybridized carbons (Fsp3) is 0.308. The molecule has 2 nitrogen and oxygen atoms in total. The summed E-state index contributed by atoms with van der Waals surface area (Å²) in [7, 11) is 0. The molecule has 2 aliphatic rings. The lowest BCUT2D eigenvalue weighted by molar-refractivity contribution is -0.667. The second kappa shape index (κ2) is 6.41. The van der Waals surface area contributed by atoms with E-state index in [-0.39, 0.29) is 5.41 Å². The number of benzene rings is 2. The number of para-hydroxylation sites is 2. The van der Waals surface area contributed by atoms with E-state index in [4.69, 9.17) is 0 Å². The normalized spacial score (nSPS) is 19.2. The number of nitrogens with zero attached hydrogens (tertiary/aromatic N) is 2. The summed E-state index contributed by atoms with van der Waals surface area (Å²) in [5, 5.41) is 1.31. The highest BCUT2D eigenvalue weighted by molar-refractivity contribution is 6.10. The molecule has 0 N–H and O–H groups in total. The summed E-state index contributed by atoms with van der Waals surface area (Å²) in [6.07, 6.45) is 7.11. The number of pyridine rings is 1. The summed E-state index contributed by atoms with van der Waals surface area (Å²) in [4.78, 5) is 0. The van der Waals surface area contributed by atoms with Gasteiger partial charge < -0.3 is 0 Å². The average Bonchev–Trinajstić information content (AvgIpc) is 2.96. The number of aryl methyl sites for hydroxylation is 1. The van der Waals surface area contributed by atoms with E-state index in [0.717, 1.165) is 19.5 Å². The molecule has 140 valence electrons. The second-order valence-electron chi connectivity index (χ2n) is 8.53. The lowest BCUT2D eigenvalue weighted by atomic mass is 9.77. The van der Waals surface area contributed by atoms with Gasteiger partial charge in [-0.15, -0.1) is 0 Å². The van der Waals surface area contributed by atoms with Crippen molar-refractivity contribution in [2.24, 2.45) is 0 Å². The SMILES string of the molecule is CC[n+]1cc(/C=C2\CCC[N+]3=C2C(C)(C)c2ccccc23)cc2ccccc21. The standard InChI is InChI=1S/C26H28N2/c1-4-27-18-19(16-20-10-5-7-13-23(20)27)17-21-11-9-15-28-24-14-8-6-12-22(24)26(2,3)25(21)28/h5-8,10,12-14,16-18H,4,9,11,15H2,1-3H3/q+2/b21-17+. The molecule has 1 aromatic heterocycles. The van der Waals surface area contributed by atoms with Crippen molar-refractivity contribution < 1.29 is 9.14 Å². The maximum Gasteiger partial charge on any atom is 0.212 e. The predicted octanol–water partition coefficient (Wildman–Crippen LogP) is 5.40. The molecule has 2 heteroatoms. The zero-order valence-corrected chi connectivity index (χ0v) is 17.1. The fourth-order valence-electron chi connectivity index (χ4n) is 5.20. The van der Waals surface area contributed by atoms with E-state index >= 15 is 0 Å². The van der Waals surface area contributed by atoms with Gasteiger partial charge in [-0.05, 0) is 45.4 Å². The molecule has 0 unspecified atom stereocenters. The summed E-state index contributed by atoms with van der Waals surface area (Å²) in [5.74, 6) is 0. The topological polar surface area (TPSA) is 6.89 Å². The van der Waals surface area contributed by atoms with Gasteiger partial charge in [-0.25, -0.2) is 0 Å². The molecule has 28 heavy (non-hydrogen) atoms. The van der Waals surface area contributed by atoms with Gasteiger partial charge in [0.15, 0.2) is 11.9 Å². The van der Waals surface area contributed by atoms with Crippen molar-refractivity contribution in [2.45, 2.75) is 45.6 Å². The predicted molar refractivity (Wildman–Crippen MR) is 116 cm³/mol. The molecule has 2 aromatic carbocycles. The van der Waals surface area contributed by atoms with Crippen LogP contribution in [0.15, 0.2) is 66.4 Å². The first-order valence-corrected chi connectivity index (χ1v) is 10.5. The van der Waals surface area contributed by atoms with Gasteiger partial charge in [-0.2, -0.15) is 9.14 Å². The van der Waals surface area contributed by atoms with E-state index in [0.29, 0.717) is 0 Å². The Balaban J connectivity index is 1.68. The Kier molecular flexibility index (Phi) is 3.97. The Hall–Kier alpha value is -2.74. The van der Waals surface area contributed by atoms with E-state index in [1.807, 2.05) is 0 Å². The minimum atomic E-state index is 0.0560. The second-order valence-corrected chi connectivity index (χ2v) is 8.53. The first kappa shape index (κ1) is 17.4. The average molecular weight is 369 g/mol. The third-order valence-corrected chi connectivity index (χ3v) is 6.42. The van der Waals surface area contributed by atoms with Crippen LogP contribution < -0.4 is 4.57 Å². The van der Waals surface area contributed by atoms with Crippen LogP contribution in [0.2, 0.25) is 0 Å². The minimum Gasteiger partial charge on any atom is -0.198 e. The molecule has 0 aliphatic carbocycles. The van der Waals surface area contributed by atoms with E-state index < -0.39 is 0 Å². The van der Waals surface area contributed by atoms with Crippen LogP contribution >= 0.6 is 0 Å². The van der Waals surface area contributed by atoms with Gasteiger partial charge in [0, 0.05) is 40.6 Å². The van der Waals surface area contributed by atoms with Gasteiger partial charge >= 0.3 is 0 Å². The molecule has 0 bridgehead atoms. The smallest absolute Gasteiger partial charge is 0.198 e. The number of rotatable bonds is 2. The summed E-state index contributed by atoms with van der Waals surface area (Å²) in [6.45, 7) is 9.09. The van der Waals surface area contributed by atoms with E-state index in [9.17, 15) is 0 Å². The molecule has 3 aromatic rings. The molecule has 0 saturated carbocycles. The van der Waals surface area contributed by atoms with Crippen LogP contribution in [0.1, 0.15) is 44.7 Å². The van der Waals surface area contributed by atoms with E-state index in [1.54, 1.807) is 0 Å². The number of fused-ring (bicyclic) bond motifs is 3. The summed E-state index contributed by atoms with van der Waals surface area (Å²) in [6, 6.07) is 20.0. The van der Waals surface area contributed by atoms with Crippen LogP contribution in [-0.2, 0) is 12.0 Å². The molecule has 0 saturated heterocycles. The van der Waals surface area contributed by atoms with Gasteiger partial charge in [-0.1, -0.05) is 30.3 Å². The molecule has 0 spiro atoms. The molecule has 5 rings (SSSR count). The highest BCUT2D eigenvalue weighted by Gasteiger charge is 2.48. The van der Waals surface area contributed by atoms with Crippen LogP contribution in [0.5, 0.6) is 0 Å². The number of hydrogen-bond acceptors (Lipinski definition) is 0. The van der Waals surface area contributed by atoms with E-state index in [2.05, 4.69) is 96.8 Å². The highest BCUT2D eigenvalue weighted by Crippen LogP contribution is 2.44. The number of aromatic nitrogens is 1. The van der Waals surface area contributed by atoms with Gasteiger partial charge in [0.1, 0.15) is 13.1 Å². The number of allylic oxidation sites excluding steroid dienone is 1.